The molecule has 8 heteroatoms. The molecular formula is C26H29NO6S. The summed E-state index contributed by atoms with van der Waals surface area (Å²) in [5.74, 6) is 0.581. The Bertz CT molecular complexity index is 1230. The normalized spacial score (nSPS) is 12.3. The summed E-state index contributed by atoms with van der Waals surface area (Å²) in [7, 11) is 0. The van der Waals surface area contributed by atoms with Gasteiger partial charge < -0.3 is 19.2 Å². The minimum absolute atomic E-state index is 0.269. The lowest BCUT2D eigenvalue weighted by molar-refractivity contribution is -0.136. The highest BCUT2D eigenvalue weighted by Crippen LogP contribution is 2.30. The van der Waals surface area contributed by atoms with Crippen molar-refractivity contribution in [2.75, 3.05) is 5.75 Å². The predicted octanol–water partition coefficient (Wildman–Crippen LogP) is 5.14. The van der Waals surface area contributed by atoms with Crippen LogP contribution in [0.5, 0.6) is 5.75 Å². The van der Waals surface area contributed by atoms with Crippen LogP contribution in [0.4, 0.5) is 4.79 Å². The summed E-state index contributed by atoms with van der Waals surface area (Å²) >= 11 is 1.49. The molecule has 1 atom stereocenters. The van der Waals surface area contributed by atoms with Gasteiger partial charge in [-0.05, 0) is 63.4 Å². The van der Waals surface area contributed by atoms with E-state index in [9.17, 15) is 14.4 Å². The zero-order chi connectivity index (χ0) is 24.9. The number of nitrogens with one attached hydrogen (secondary N) is 1. The van der Waals surface area contributed by atoms with E-state index in [0.29, 0.717) is 22.3 Å². The fourth-order valence-electron chi connectivity index (χ4n) is 3.32. The maximum atomic E-state index is 13.2. The Morgan fingerprint density at radius 2 is 1.79 bits per heavy atom. The standard InChI is InChI=1S/C26H29NO6S/c1-16-11-20-23(17(2)13-22(28)31-20)21(12-16)32-24(29)19(27-25(30)33-26(3,4)5)15-34-14-18-9-7-6-8-10-18/h6-13,19H,14-15H2,1-5H3,(H,27,30)/t19-/m1/s1. The highest BCUT2D eigenvalue weighted by molar-refractivity contribution is 7.98. The average molecular weight is 484 g/mol. The van der Waals surface area contributed by atoms with Crippen molar-refractivity contribution < 1.29 is 23.5 Å². The van der Waals surface area contributed by atoms with E-state index >= 15 is 0 Å². The second kappa shape index (κ2) is 10.8. The van der Waals surface area contributed by atoms with Crippen LogP contribution in [-0.4, -0.2) is 29.5 Å². The molecular weight excluding hydrogens is 454 g/mol. The number of carbonyl (C=O) groups is 2. The van der Waals surface area contributed by atoms with Gasteiger partial charge in [0.2, 0.25) is 0 Å². The largest absolute Gasteiger partial charge is 0.444 e. The topological polar surface area (TPSA) is 94.8 Å². The van der Waals surface area contributed by atoms with Gasteiger partial charge in [-0.3, -0.25) is 0 Å². The van der Waals surface area contributed by atoms with Crippen LogP contribution in [0.2, 0.25) is 0 Å². The van der Waals surface area contributed by atoms with E-state index < -0.39 is 29.3 Å². The quantitative estimate of drug-likeness (QED) is 0.282. The van der Waals surface area contributed by atoms with Crippen molar-refractivity contribution in [1.82, 2.24) is 5.32 Å². The number of ether oxygens (including phenoxy) is 2. The molecule has 180 valence electrons. The molecule has 1 aromatic heterocycles. The second-order valence-corrected chi connectivity index (χ2v) is 10.0. The molecule has 3 aromatic rings. The first-order valence-electron chi connectivity index (χ1n) is 10.9. The number of benzene rings is 2. The molecule has 0 bridgehead atoms. The van der Waals surface area contributed by atoms with E-state index in [4.69, 9.17) is 13.9 Å². The molecule has 0 aliphatic heterocycles. The Hall–Kier alpha value is -3.26. The molecule has 34 heavy (non-hydrogen) atoms. The molecule has 0 saturated carbocycles. The first-order valence-corrected chi connectivity index (χ1v) is 12.1. The van der Waals surface area contributed by atoms with Crippen LogP contribution in [0.25, 0.3) is 11.0 Å². The Morgan fingerprint density at radius 1 is 1.09 bits per heavy atom. The summed E-state index contributed by atoms with van der Waals surface area (Å²) in [6.45, 7) is 8.81. The van der Waals surface area contributed by atoms with Crippen molar-refractivity contribution in [3.63, 3.8) is 0 Å². The zero-order valence-corrected chi connectivity index (χ0v) is 20.8. The number of esters is 1. The maximum Gasteiger partial charge on any atom is 0.408 e. The number of hydrogen-bond acceptors (Lipinski definition) is 7. The van der Waals surface area contributed by atoms with Crippen LogP contribution < -0.4 is 15.7 Å². The minimum Gasteiger partial charge on any atom is -0.444 e. The lowest BCUT2D eigenvalue weighted by Gasteiger charge is -2.23. The molecule has 0 aliphatic rings. The van der Waals surface area contributed by atoms with Gasteiger partial charge in [-0.1, -0.05) is 30.3 Å². The minimum atomic E-state index is -0.949. The van der Waals surface area contributed by atoms with Gasteiger partial charge in [0, 0.05) is 17.6 Å². The van der Waals surface area contributed by atoms with Crippen LogP contribution in [0.3, 0.4) is 0 Å². The number of amides is 1. The molecule has 0 radical (unpaired) electrons. The number of rotatable bonds is 7. The van der Waals surface area contributed by atoms with E-state index in [1.54, 1.807) is 39.8 Å². The van der Waals surface area contributed by atoms with Gasteiger partial charge in [0.05, 0.1) is 5.39 Å². The third-order valence-electron chi connectivity index (χ3n) is 4.73. The highest BCUT2D eigenvalue weighted by Gasteiger charge is 2.27. The molecule has 0 fully saturated rings. The number of hydrogen-bond donors (Lipinski definition) is 1. The second-order valence-electron chi connectivity index (χ2n) is 9.01. The SMILES string of the molecule is Cc1cc(OC(=O)[C@@H](CSCc2ccccc2)NC(=O)OC(C)(C)C)c2c(C)cc(=O)oc2c1. The Labute approximate surface area is 202 Å². The van der Waals surface area contributed by atoms with Crippen LogP contribution >= 0.6 is 11.8 Å². The summed E-state index contributed by atoms with van der Waals surface area (Å²) in [6.07, 6.45) is -0.703. The third kappa shape index (κ3) is 7.12. The van der Waals surface area contributed by atoms with E-state index in [1.807, 2.05) is 37.3 Å². The smallest absolute Gasteiger partial charge is 0.408 e. The molecule has 1 N–H and O–H groups in total. The van der Waals surface area contributed by atoms with Crippen molar-refractivity contribution in [2.45, 2.75) is 52.0 Å². The fourth-order valence-corrected chi connectivity index (χ4v) is 4.33. The van der Waals surface area contributed by atoms with Crippen molar-refractivity contribution in [2.24, 2.45) is 0 Å². The van der Waals surface area contributed by atoms with E-state index in [1.165, 1.54) is 17.8 Å². The van der Waals surface area contributed by atoms with Gasteiger partial charge in [0.1, 0.15) is 23.0 Å². The van der Waals surface area contributed by atoms with E-state index in [-0.39, 0.29) is 11.5 Å². The van der Waals surface area contributed by atoms with Gasteiger partial charge in [0.15, 0.2) is 0 Å². The number of fused-ring (bicyclic) bond motifs is 1. The van der Waals surface area contributed by atoms with E-state index in [2.05, 4.69) is 5.32 Å². The third-order valence-corrected chi connectivity index (χ3v) is 5.84. The molecule has 2 aromatic carbocycles. The van der Waals surface area contributed by atoms with Gasteiger partial charge in [0.25, 0.3) is 0 Å². The van der Waals surface area contributed by atoms with Gasteiger partial charge in [-0.25, -0.2) is 14.4 Å². The van der Waals surface area contributed by atoms with Crippen LogP contribution in [-0.2, 0) is 15.3 Å². The number of thioether (sulfide) groups is 1. The number of carbonyl (C=O) groups excluding carboxylic acids is 2. The lowest BCUT2D eigenvalue weighted by Crippen LogP contribution is -2.46. The monoisotopic (exact) mass is 483 g/mol. The lowest BCUT2D eigenvalue weighted by atomic mass is 10.1. The summed E-state index contributed by atoms with van der Waals surface area (Å²) < 4.78 is 16.4. The predicted molar refractivity (Wildman–Crippen MR) is 133 cm³/mol. The maximum absolute atomic E-state index is 13.2. The van der Waals surface area contributed by atoms with Crippen LogP contribution in [0.1, 0.15) is 37.5 Å². The summed E-state index contributed by atoms with van der Waals surface area (Å²) in [5.41, 5.74) is 1.64. The zero-order valence-electron chi connectivity index (χ0n) is 20.0. The molecule has 0 spiro atoms. The van der Waals surface area contributed by atoms with Crippen molar-refractivity contribution >= 4 is 34.8 Å². The molecule has 1 heterocycles. The average Bonchev–Trinajstić information content (AvgIpc) is 2.71. The first-order chi connectivity index (χ1) is 16.0. The van der Waals surface area contributed by atoms with Crippen LogP contribution in [0.15, 0.2) is 57.7 Å². The summed E-state index contributed by atoms with van der Waals surface area (Å²) in [6, 6.07) is 13.6. The molecule has 3 rings (SSSR count). The Balaban J connectivity index is 1.82. The van der Waals surface area contributed by atoms with Crippen molar-refractivity contribution in [1.29, 1.82) is 0 Å². The molecule has 0 unspecified atom stereocenters. The van der Waals surface area contributed by atoms with Gasteiger partial charge in [-0.15, -0.1) is 0 Å². The molecule has 0 saturated heterocycles. The van der Waals surface area contributed by atoms with Gasteiger partial charge in [-0.2, -0.15) is 11.8 Å². The van der Waals surface area contributed by atoms with Crippen molar-refractivity contribution in [3.8, 4) is 5.75 Å². The molecule has 1 amide bonds. The van der Waals surface area contributed by atoms with E-state index in [0.717, 1.165) is 11.1 Å². The molecule has 7 nitrogen and oxygen atoms in total. The Morgan fingerprint density at radius 3 is 2.47 bits per heavy atom. The summed E-state index contributed by atoms with van der Waals surface area (Å²) in [4.78, 5) is 37.4. The summed E-state index contributed by atoms with van der Waals surface area (Å²) in [5, 5.41) is 3.17. The molecule has 0 aliphatic carbocycles. The number of alkyl carbamates (subject to hydrolysis) is 1. The Kier molecular flexibility index (Phi) is 8.04. The van der Waals surface area contributed by atoms with Crippen molar-refractivity contribution in [3.05, 3.63) is 75.6 Å². The van der Waals surface area contributed by atoms with Gasteiger partial charge >= 0.3 is 17.7 Å². The number of aryl methyl sites for hydroxylation is 2. The highest BCUT2D eigenvalue weighted by atomic mass is 32.2. The van der Waals surface area contributed by atoms with Crippen LogP contribution in [0, 0.1) is 13.8 Å². The fraction of sp³-hybridized carbons (Fsp3) is 0.346. The first kappa shape index (κ1) is 25.4.